The van der Waals surface area contributed by atoms with Crippen molar-refractivity contribution in [2.45, 2.75) is 39.0 Å². The lowest BCUT2D eigenvalue weighted by Gasteiger charge is -2.16. The zero-order chi connectivity index (χ0) is 14.2. The van der Waals surface area contributed by atoms with Crippen LogP contribution in [0.4, 0.5) is 0 Å². The van der Waals surface area contributed by atoms with E-state index in [1.807, 2.05) is 25.1 Å². The van der Waals surface area contributed by atoms with Crippen molar-refractivity contribution in [2.75, 3.05) is 0 Å². The Kier molecular flexibility index (Phi) is 3.93. The first-order chi connectivity index (χ1) is 8.84. The number of halogens is 2. The summed E-state index contributed by atoms with van der Waals surface area (Å²) in [5.74, 6) is 0.372. The molecule has 2 rings (SSSR count). The topological polar surface area (TPSA) is 17.8 Å². The fourth-order valence-electron chi connectivity index (χ4n) is 2.08. The van der Waals surface area contributed by atoms with E-state index in [1.165, 1.54) is 5.56 Å². The minimum atomic E-state index is -0.0804. The van der Waals surface area contributed by atoms with Gasteiger partial charge in [0.05, 0.1) is 17.3 Å². The first kappa shape index (κ1) is 14.4. The molecule has 19 heavy (non-hydrogen) atoms. The Labute approximate surface area is 124 Å². The average molecular weight is 297 g/mol. The van der Waals surface area contributed by atoms with Crippen molar-refractivity contribution in [3.05, 3.63) is 46.2 Å². The monoisotopic (exact) mass is 296 g/mol. The van der Waals surface area contributed by atoms with Gasteiger partial charge in [0.15, 0.2) is 0 Å². The van der Waals surface area contributed by atoms with E-state index in [0.717, 1.165) is 16.9 Å². The van der Waals surface area contributed by atoms with Crippen molar-refractivity contribution < 1.29 is 0 Å². The average Bonchev–Trinajstić information content (AvgIpc) is 2.66. The van der Waals surface area contributed by atoms with Gasteiger partial charge in [-0.2, -0.15) is 5.10 Å². The highest BCUT2D eigenvalue weighted by atomic mass is 35.5. The van der Waals surface area contributed by atoms with E-state index < -0.39 is 0 Å². The Morgan fingerprint density at radius 2 is 1.95 bits per heavy atom. The molecule has 1 aromatic carbocycles. The number of benzene rings is 1. The number of aromatic nitrogens is 2. The molecule has 0 atom stereocenters. The van der Waals surface area contributed by atoms with Gasteiger partial charge in [0.1, 0.15) is 5.15 Å². The summed E-state index contributed by atoms with van der Waals surface area (Å²) in [4.78, 5) is 0. The zero-order valence-electron chi connectivity index (χ0n) is 11.7. The van der Waals surface area contributed by atoms with E-state index in [2.05, 4.69) is 31.9 Å². The Morgan fingerprint density at radius 1 is 1.26 bits per heavy atom. The van der Waals surface area contributed by atoms with Crippen LogP contribution in [0.3, 0.4) is 0 Å². The van der Waals surface area contributed by atoms with Gasteiger partial charge in [0, 0.05) is 11.0 Å². The molecule has 0 aliphatic heterocycles. The van der Waals surface area contributed by atoms with E-state index in [4.69, 9.17) is 23.2 Å². The highest BCUT2D eigenvalue weighted by Crippen LogP contribution is 2.32. The molecule has 2 aromatic rings. The van der Waals surface area contributed by atoms with Gasteiger partial charge >= 0.3 is 0 Å². The predicted molar refractivity (Wildman–Crippen MR) is 81.6 cm³/mol. The van der Waals surface area contributed by atoms with Crippen LogP contribution in [0.5, 0.6) is 0 Å². The van der Waals surface area contributed by atoms with Gasteiger partial charge in [-0.25, -0.2) is 4.68 Å². The number of rotatable bonds is 2. The molecule has 0 bridgehead atoms. The summed E-state index contributed by atoms with van der Waals surface area (Å²) in [6, 6.07) is 8.10. The van der Waals surface area contributed by atoms with Gasteiger partial charge < -0.3 is 0 Å². The van der Waals surface area contributed by atoms with Crippen LogP contribution in [0.1, 0.15) is 37.6 Å². The molecule has 0 unspecified atom stereocenters. The normalized spacial score (nSPS) is 11.9. The van der Waals surface area contributed by atoms with E-state index in [9.17, 15) is 0 Å². The van der Waals surface area contributed by atoms with E-state index >= 15 is 0 Å². The van der Waals surface area contributed by atoms with Crippen molar-refractivity contribution in [3.8, 4) is 5.69 Å². The van der Waals surface area contributed by atoms with Crippen molar-refractivity contribution >= 4 is 23.2 Å². The lowest BCUT2D eigenvalue weighted by Crippen LogP contribution is -2.14. The smallest absolute Gasteiger partial charge is 0.137 e. The number of alkyl halides is 1. The molecule has 0 saturated carbocycles. The molecule has 1 aromatic heterocycles. The second-order valence-electron chi connectivity index (χ2n) is 5.75. The summed E-state index contributed by atoms with van der Waals surface area (Å²) in [5.41, 5.74) is 3.93. The van der Waals surface area contributed by atoms with Gasteiger partial charge in [-0.3, -0.25) is 0 Å². The quantitative estimate of drug-likeness (QED) is 0.723. The lowest BCUT2D eigenvalue weighted by molar-refractivity contribution is 0.556. The van der Waals surface area contributed by atoms with Crippen molar-refractivity contribution in [2.24, 2.45) is 0 Å². The Bertz CT molecular complexity index is 595. The highest BCUT2D eigenvalue weighted by Gasteiger charge is 2.25. The van der Waals surface area contributed by atoms with Crippen LogP contribution in [-0.2, 0) is 11.3 Å². The Hall–Kier alpha value is -0.990. The van der Waals surface area contributed by atoms with Crippen LogP contribution in [0, 0.1) is 6.92 Å². The largest absolute Gasteiger partial charge is 0.222 e. The molecule has 102 valence electrons. The van der Waals surface area contributed by atoms with Crippen LogP contribution in [0.2, 0.25) is 5.15 Å². The predicted octanol–water partition coefficient (Wildman–Crippen LogP) is 4.87. The van der Waals surface area contributed by atoms with Crippen LogP contribution in [0.15, 0.2) is 24.3 Å². The first-order valence-electron chi connectivity index (χ1n) is 6.25. The maximum absolute atomic E-state index is 6.44. The molecule has 0 N–H and O–H groups in total. The summed E-state index contributed by atoms with van der Waals surface area (Å²) in [7, 11) is 0. The number of hydrogen-bond donors (Lipinski definition) is 0. The second-order valence-corrected chi connectivity index (χ2v) is 6.38. The van der Waals surface area contributed by atoms with E-state index in [-0.39, 0.29) is 5.41 Å². The second kappa shape index (κ2) is 5.18. The van der Waals surface area contributed by atoms with Gasteiger partial charge in [0.25, 0.3) is 0 Å². The van der Waals surface area contributed by atoms with Crippen LogP contribution < -0.4 is 0 Å². The Balaban J connectivity index is 2.63. The van der Waals surface area contributed by atoms with Crippen LogP contribution in [-0.4, -0.2) is 9.78 Å². The van der Waals surface area contributed by atoms with Gasteiger partial charge in [0.2, 0.25) is 0 Å². The van der Waals surface area contributed by atoms with Crippen molar-refractivity contribution in [1.29, 1.82) is 0 Å². The summed E-state index contributed by atoms with van der Waals surface area (Å²) in [5, 5.41) is 5.27. The van der Waals surface area contributed by atoms with Crippen LogP contribution in [0.25, 0.3) is 5.69 Å². The summed E-state index contributed by atoms with van der Waals surface area (Å²) in [6.07, 6.45) is 0. The molecule has 0 fully saturated rings. The van der Waals surface area contributed by atoms with Crippen LogP contribution >= 0.6 is 23.2 Å². The van der Waals surface area contributed by atoms with Gasteiger partial charge in [-0.15, -0.1) is 11.6 Å². The minimum Gasteiger partial charge on any atom is -0.222 e. The van der Waals surface area contributed by atoms with E-state index in [1.54, 1.807) is 4.68 Å². The SMILES string of the molecule is Cc1cccc(-n2nc(C(C)(C)C)c(CCl)c2Cl)c1. The number of nitrogens with zero attached hydrogens (tertiary/aromatic N) is 2. The molecule has 0 amide bonds. The molecular formula is C15H18Cl2N2. The molecule has 2 nitrogen and oxygen atoms in total. The lowest BCUT2D eigenvalue weighted by atomic mass is 9.90. The third-order valence-corrected chi connectivity index (χ3v) is 3.67. The maximum atomic E-state index is 6.44. The fraction of sp³-hybridized carbons (Fsp3) is 0.400. The molecule has 0 aliphatic carbocycles. The Morgan fingerprint density at radius 3 is 2.42 bits per heavy atom. The molecule has 4 heteroatoms. The summed E-state index contributed by atoms with van der Waals surface area (Å²) >= 11 is 12.5. The molecular weight excluding hydrogens is 279 g/mol. The minimum absolute atomic E-state index is 0.0804. The zero-order valence-corrected chi connectivity index (χ0v) is 13.2. The standard InChI is InChI=1S/C15H18Cl2N2/c1-10-6-5-7-11(8-10)19-14(17)12(9-16)13(18-19)15(2,3)4/h5-8H,9H2,1-4H3. The summed E-state index contributed by atoms with van der Waals surface area (Å²) < 4.78 is 1.77. The van der Waals surface area contributed by atoms with Gasteiger partial charge in [-0.1, -0.05) is 44.5 Å². The molecule has 0 aliphatic rings. The third kappa shape index (κ3) is 2.80. The number of aryl methyl sites for hydroxylation is 1. The molecule has 0 saturated heterocycles. The van der Waals surface area contributed by atoms with E-state index in [0.29, 0.717) is 11.0 Å². The molecule has 0 radical (unpaired) electrons. The highest BCUT2D eigenvalue weighted by molar-refractivity contribution is 6.31. The maximum Gasteiger partial charge on any atom is 0.137 e. The molecule has 1 heterocycles. The number of hydrogen-bond acceptors (Lipinski definition) is 1. The first-order valence-corrected chi connectivity index (χ1v) is 7.16. The summed E-state index contributed by atoms with van der Waals surface area (Å²) in [6.45, 7) is 8.39. The fourth-order valence-corrected chi connectivity index (χ4v) is 2.69. The van der Waals surface area contributed by atoms with Crippen molar-refractivity contribution in [3.63, 3.8) is 0 Å². The van der Waals surface area contributed by atoms with Gasteiger partial charge in [-0.05, 0) is 24.6 Å². The van der Waals surface area contributed by atoms with Crippen molar-refractivity contribution in [1.82, 2.24) is 9.78 Å². The molecule has 0 spiro atoms. The third-order valence-electron chi connectivity index (χ3n) is 3.01.